The number of thiophene rings is 1. The minimum absolute atomic E-state index is 0.0337. The summed E-state index contributed by atoms with van der Waals surface area (Å²) in [6.07, 6.45) is 0.843. The molecule has 0 atom stereocenters. The summed E-state index contributed by atoms with van der Waals surface area (Å²) in [5.41, 5.74) is 4.10. The highest BCUT2D eigenvalue weighted by atomic mass is 32.1. The van der Waals surface area contributed by atoms with Crippen molar-refractivity contribution >= 4 is 27.5 Å². The van der Waals surface area contributed by atoms with Crippen LogP contribution in [-0.4, -0.2) is 32.0 Å². The zero-order valence-electron chi connectivity index (χ0n) is 16.3. The standard InChI is InChI=1S/C21H23N5OS/c1-14-12-15(2)25(23-14)11-7-10-22-20(27)19-13-18-16(3)24-26(21(18)28-19)17-8-5-4-6-9-17/h4-6,8-9,12-13H,7,10-11H2,1-3H3,(H,22,27). The monoisotopic (exact) mass is 393 g/mol. The number of hydrogen-bond acceptors (Lipinski definition) is 4. The van der Waals surface area contributed by atoms with Crippen LogP contribution in [0.3, 0.4) is 0 Å². The topological polar surface area (TPSA) is 64.7 Å². The fourth-order valence-electron chi connectivity index (χ4n) is 3.32. The molecule has 144 valence electrons. The van der Waals surface area contributed by atoms with Gasteiger partial charge in [0.05, 0.1) is 22.0 Å². The van der Waals surface area contributed by atoms with Crippen LogP contribution in [0.5, 0.6) is 0 Å². The van der Waals surface area contributed by atoms with Gasteiger partial charge in [0.25, 0.3) is 5.91 Å². The van der Waals surface area contributed by atoms with Crippen molar-refractivity contribution in [2.24, 2.45) is 0 Å². The van der Waals surface area contributed by atoms with Crippen molar-refractivity contribution in [3.05, 3.63) is 64.4 Å². The lowest BCUT2D eigenvalue weighted by molar-refractivity contribution is 0.0956. The van der Waals surface area contributed by atoms with Crippen LogP contribution >= 0.6 is 11.3 Å². The highest BCUT2D eigenvalue weighted by molar-refractivity contribution is 7.20. The van der Waals surface area contributed by atoms with Crippen molar-refractivity contribution in [2.75, 3.05) is 6.54 Å². The second kappa shape index (κ2) is 7.59. The number of aromatic nitrogens is 4. The smallest absolute Gasteiger partial charge is 0.261 e. The van der Waals surface area contributed by atoms with Gasteiger partial charge in [0.15, 0.2) is 0 Å². The first-order valence-corrected chi connectivity index (χ1v) is 10.2. The van der Waals surface area contributed by atoms with Gasteiger partial charge in [-0.05, 0) is 51.5 Å². The Bertz CT molecular complexity index is 1120. The van der Waals surface area contributed by atoms with Crippen LogP contribution in [0.15, 0.2) is 42.5 Å². The third-order valence-electron chi connectivity index (χ3n) is 4.70. The highest BCUT2D eigenvalue weighted by Crippen LogP contribution is 2.30. The Morgan fingerprint density at radius 1 is 1.11 bits per heavy atom. The summed E-state index contributed by atoms with van der Waals surface area (Å²) in [4.78, 5) is 14.3. The molecule has 0 aliphatic carbocycles. The predicted octanol–water partition coefficient (Wildman–Crippen LogP) is 4.03. The van der Waals surface area contributed by atoms with Gasteiger partial charge < -0.3 is 5.32 Å². The van der Waals surface area contributed by atoms with E-state index in [4.69, 9.17) is 0 Å². The number of nitrogens with zero attached hydrogens (tertiary/aromatic N) is 4. The lowest BCUT2D eigenvalue weighted by atomic mass is 10.3. The first-order chi connectivity index (χ1) is 13.5. The average Bonchev–Trinajstić information content (AvgIpc) is 3.34. The number of para-hydroxylation sites is 1. The number of carbonyl (C=O) groups is 1. The lowest BCUT2D eigenvalue weighted by Gasteiger charge is -2.06. The maximum atomic E-state index is 12.6. The van der Waals surface area contributed by atoms with Crippen LogP contribution < -0.4 is 5.32 Å². The molecule has 7 heteroatoms. The summed E-state index contributed by atoms with van der Waals surface area (Å²) < 4.78 is 3.90. The van der Waals surface area contributed by atoms with Crippen molar-refractivity contribution in [3.63, 3.8) is 0 Å². The Morgan fingerprint density at radius 3 is 2.61 bits per heavy atom. The van der Waals surface area contributed by atoms with E-state index in [1.165, 1.54) is 11.3 Å². The van der Waals surface area contributed by atoms with Crippen LogP contribution in [0.4, 0.5) is 0 Å². The molecule has 1 N–H and O–H groups in total. The number of rotatable bonds is 6. The van der Waals surface area contributed by atoms with Gasteiger partial charge in [-0.3, -0.25) is 9.48 Å². The number of aryl methyl sites for hydroxylation is 4. The zero-order chi connectivity index (χ0) is 19.7. The van der Waals surface area contributed by atoms with Crippen LogP contribution in [0.25, 0.3) is 15.9 Å². The number of nitrogens with one attached hydrogen (secondary N) is 1. The second-order valence-electron chi connectivity index (χ2n) is 6.92. The first-order valence-electron chi connectivity index (χ1n) is 9.37. The summed E-state index contributed by atoms with van der Waals surface area (Å²) in [7, 11) is 0. The van der Waals surface area contributed by atoms with Gasteiger partial charge in [-0.25, -0.2) is 4.68 Å². The third kappa shape index (κ3) is 3.57. The highest BCUT2D eigenvalue weighted by Gasteiger charge is 2.16. The molecule has 0 radical (unpaired) electrons. The molecule has 0 bridgehead atoms. The summed E-state index contributed by atoms with van der Waals surface area (Å²) >= 11 is 1.48. The molecule has 0 aliphatic rings. The Morgan fingerprint density at radius 2 is 1.89 bits per heavy atom. The first kappa shape index (κ1) is 18.4. The summed E-state index contributed by atoms with van der Waals surface area (Å²) in [6.45, 7) is 7.44. The molecule has 0 saturated carbocycles. The molecule has 4 rings (SSSR count). The van der Waals surface area contributed by atoms with Crippen LogP contribution in [0, 0.1) is 20.8 Å². The summed E-state index contributed by atoms with van der Waals surface area (Å²) in [5, 5.41) is 13.1. The van der Waals surface area contributed by atoms with E-state index in [-0.39, 0.29) is 5.91 Å². The Hall–Kier alpha value is -2.93. The normalized spacial score (nSPS) is 11.2. The van der Waals surface area contributed by atoms with Crippen molar-refractivity contribution in [2.45, 2.75) is 33.7 Å². The largest absolute Gasteiger partial charge is 0.351 e. The van der Waals surface area contributed by atoms with Crippen molar-refractivity contribution in [1.29, 1.82) is 0 Å². The fraction of sp³-hybridized carbons (Fsp3) is 0.286. The summed E-state index contributed by atoms with van der Waals surface area (Å²) in [5.74, 6) is -0.0337. The van der Waals surface area contributed by atoms with E-state index in [0.717, 1.165) is 46.0 Å². The molecule has 0 spiro atoms. The zero-order valence-corrected chi connectivity index (χ0v) is 17.1. The molecule has 6 nitrogen and oxygen atoms in total. The van der Waals surface area contributed by atoms with E-state index in [1.807, 2.05) is 66.5 Å². The molecular formula is C21H23N5OS. The molecule has 1 aromatic carbocycles. The van der Waals surface area contributed by atoms with E-state index in [0.29, 0.717) is 11.4 Å². The van der Waals surface area contributed by atoms with E-state index >= 15 is 0 Å². The molecule has 0 fully saturated rings. The van der Waals surface area contributed by atoms with E-state index in [1.54, 1.807) is 0 Å². The summed E-state index contributed by atoms with van der Waals surface area (Å²) in [6, 6.07) is 14.0. The number of carbonyl (C=O) groups excluding carboxylic acids is 1. The van der Waals surface area contributed by atoms with Crippen LogP contribution in [0.2, 0.25) is 0 Å². The predicted molar refractivity (Wildman–Crippen MR) is 112 cm³/mol. The molecule has 28 heavy (non-hydrogen) atoms. The number of fused-ring (bicyclic) bond motifs is 1. The van der Waals surface area contributed by atoms with Crippen molar-refractivity contribution in [3.8, 4) is 5.69 Å². The molecule has 3 aromatic heterocycles. The van der Waals surface area contributed by atoms with Gasteiger partial charge in [-0.2, -0.15) is 10.2 Å². The minimum atomic E-state index is -0.0337. The maximum Gasteiger partial charge on any atom is 0.261 e. The number of hydrogen-bond donors (Lipinski definition) is 1. The third-order valence-corrected chi connectivity index (χ3v) is 5.81. The molecular weight excluding hydrogens is 370 g/mol. The number of amides is 1. The fourth-order valence-corrected chi connectivity index (χ4v) is 4.42. The number of benzene rings is 1. The molecule has 0 saturated heterocycles. The quantitative estimate of drug-likeness (QED) is 0.503. The van der Waals surface area contributed by atoms with Gasteiger partial charge in [0, 0.05) is 24.2 Å². The molecule has 4 aromatic rings. The Labute approximate surface area is 167 Å². The average molecular weight is 394 g/mol. The maximum absolute atomic E-state index is 12.6. The van der Waals surface area contributed by atoms with Gasteiger partial charge in [-0.15, -0.1) is 11.3 Å². The van der Waals surface area contributed by atoms with Gasteiger partial charge in [0.1, 0.15) is 4.83 Å². The van der Waals surface area contributed by atoms with E-state index in [2.05, 4.69) is 21.6 Å². The molecule has 1 amide bonds. The molecule has 0 unspecified atom stereocenters. The van der Waals surface area contributed by atoms with E-state index < -0.39 is 0 Å². The van der Waals surface area contributed by atoms with Gasteiger partial charge >= 0.3 is 0 Å². The minimum Gasteiger partial charge on any atom is -0.351 e. The Kier molecular flexibility index (Phi) is 5.00. The molecule has 3 heterocycles. The SMILES string of the molecule is Cc1cc(C)n(CCCNC(=O)c2cc3c(C)nn(-c4ccccc4)c3s2)n1. The molecule has 0 aliphatic heterocycles. The van der Waals surface area contributed by atoms with Crippen LogP contribution in [0.1, 0.15) is 33.2 Å². The van der Waals surface area contributed by atoms with Gasteiger partial charge in [0.2, 0.25) is 0 Å². The Balaban J connectivity index is 1.44. The van der Waals surface area contributed by atoms with E-state index in [9.17, 15) is 4.79 Å². The van der Waals surface area contributed by atoms with Crippen molar-refractivity contribution < 1.29 is 4.79 Å². The second-order valence-corrected chi connectivity index (χ2v) is 7.95. The van der Waals surface area contributed by atoms with Crippen molar-refractivity contribution in [1.82, 2.24) is 24.9 Å². The van der Waals surface area contributed by atoms with Gasteiger partial charge in [-0.1, -0.05) is 18.2 Å². The lowest BCUT2D eigenvalue weighted by Crippen LogP contribution is -2.24. The van der Waals surface area contributed by atoms with Crippen LogP contribution in [-0.2, 0) is 6.54 Å².